The highest BCUT2D eigenvalue weighted by molar-refractivity contribution is 9.10. The third kappa shape index (κ3) is 5.41. The molecule has 0 unspecified atom stereocenters. The number of hydrogen-bond donors (Lipinski definition) is 2. The second-order valence-corrected chi connectivity index (χ2v) is 9.18. The van der Waals surface area contributed by atoms with Crippen LogP contribution in [0.1, 0.15) is 24.2 Å². The zero-order valence-corrected chi connectivity index (χ0v) is 21.7. The number of aromatic nitrogens is 1. The number of anilines is 2. The van der Waals surface area contributed by atoms with Crippen molar-refractivity contribution in [3.63, 3.8) is 0 Å². The third-order valence-corrected chi connectivity index (χ3v) is 6.32. The normalized spacial score (nSPS) is 10.8. The SMILES string of the molecule is CCN(CC)c1ccc(-c2nc3cc(NC(=S)NC(=O)c4cc(Br)ccc4Cl)ccc3o2)cc1. The van der Waals surface area contributed by atoms with Crippen LogP contribution >= 0.6 is 39.7 Å². The van der Waals surface area contributed by atoms with Crippen LogP contribution in [0.25, 0.3) is 22.6 Å². The van der Waals surface area contributed by atoms with Crippen LogP contribution in [0.3, 0.4) is 0 Å². The highest BCUT2D eigenvalue weighted by atomic mass is 79.9. The smallest absolute Gasteiger partial charge is 0.258 e. The van der Waals surface area contributed by atoms with E-state index in [9.17, 15) is 4.79 Å². The number of rotatable bonds is 6. The van der Waals surface area contributed by atoms with Gasteiger partial charge in [-0.05, 0) is 86.7 Å². The van der Waals surface area contributed by atoms with Crippen molar-refractivity contribution >= 4 is 73.2 Å². The monoisotopic (exact) mass is 556 g/mol. The fourth-order valence-corrected chi connectivity index (χ4v) is 4.31. The summed E-state index contributed by atoms with van der Waals surface area (Å²) in [5.41, 5.74) is 4.39. The summed E-state index contributed by atoms with van der Waals surface area (Å²) >= 11 is 14.8. The predicted octanol–water partition coefficient (Wildman–Crippen LogP) is 6.88. The van der Waals surface area contributed by atoms with Crippen LogP contribution in [0, 0.1) is 0 Å². The van der Waals surface area contributed by atoms with E-state index in [1.807, 2.05) is 30.3 Å². The Hall–Kier alpha value is -2.94. The summed E-state index contributed by atoms with van der Waals surface area (Å²) in [7, 11) is 0. The molecular weight excluding hydrogens is 536 g/mol. The van der Waals surface area contributed by atoms with E-state index in [0.717, 1.165) is 28.8 Å². The molecule has 0 saturated heterocycles. The summed E-state index contributed by atoms with van der Waals surface area (Å²) in [6, 6.07) is 18.6. The number of carbonyl (C=O) groups is 1. The molecule has 0 spiro atoms. The van der Waals surface area contributed by atoms with E-state index >= 15 is 0 Å². The molecule has 2 N–H and O–H groups in total. The van der Waals surface area contributed by atoms with Gasteiger partial charge in [-0.1, -0.05) is 27.5 Å². The van der Waals surface area contributed by atoms with Gasteiger partial charge in [0.1, 0.15) is 5.52 Å². The van der Waals surface area contributed by atoms with Gasteiger partial charge in [0.15, 0.2) is 10.7 Å². The van der Waals surface area contributed by atoms with Gasteiger partial charge >= 0.3 is 0 Å². The Morgan fingerprint density at radius 3 is 2.53 bits per heavy atom. The molecule has 0 atom stereocenters. The van der Waals surface area contributed by atoms with Gasteiger partial charge in [0.05, 0.1) is 10.6 Å². The first-order valence-corrected chi connectivity index (χ1v) is 12.3. The second kappa shape index (κ2) is 10.5. The van der Waals surface area contributed by atoms with E-state index < -0.39 is 5.91 Å². The van der Waals surface area contributed by atoms with E-state index in [1.165, 1.54) is 0 Å². The van der Waals surface area contributed by atoms with Crippen molar-refractivity contribution in [2.24, 2.45) is 0 Å². The fraction of sp³-hybridized carbons (Fsp3) is 0.160. The second-order valence-electron chi connectivity index (χ2n) is 7.45. The Bertz CT molecular complexity index is 1350. The number of hydrogen-bond acceptors (Lipinski definition) is 5. The average Bonchev–Trinajstić information content (AvgIpc) is 3.25. The molecule has 34 heavy (non-hydrogen) atoms. The molecule has 3 aromatic carbocycles. The molecule has 4 rings (SSSR count). The maximum atomic E-state index is 12.5. The Morgan fingerprint density at radius 2 is 1.82 bits per heavy atom. The number of nitrogens with zero attached hydrogens (tertiary/aromatic N) is 2. The molecule has 1 aromatic heterocycles. The fourth-order valence-electron chi connectivity index (χ4n) is 3.54. The zero-order valence-electron chi connectivity index (χ0n) is 18.6. The molecule has 0 aliphatic carbocycles. The molecule has 1 heterocycles. The van der Waals surface area contributed by atoms with Crippen molar-refractivity contribution in [1.29, 1.82) is 0 Å². The van der Waals surface area contributed by atoms with Gasteiger partial charge in [-0.25, -0.2) is 4.98 Å². The lowest BCUT2D eigenvalue weighted by atomic mass is 10.2. The first kappa shape index (κ1) is 24.2. The molecule has 0 bridgehead atoms. The molecule has 1 amide bonds. The number of halogens is 2. The summed E-state index contributed by atoms with van der Waals surface area (Å²) in [6.45, 7) is 6.17. The van der Waals surface area contributed by atoms with Gasteiger partial charge in [-0.2, -0.15) is 0 Å². The van der Waals surface area contributed by atoms with Gasteiger partial charge < -0.3 is 14.6 Å². The molecular formula is C25H22BrClN4O2S. The Balaban J connectivity index is 1.47. The summed E-state index contributed by atoms with van der Waals surface area (Å²) in [5.74, 6) is 0.139. The lowest BCUT2D eigenvalue weighted by Gasteiger charge is -2.20. The third-order valence-electron chi connectivity index (χ3n) is 5.29. The predicted molar refractivity (Wildman–Crippen MR) is 146 cm³/mol. The molecule has 0 saturated carbocycles. The van der Waals surface area contributed by atoms with Crippen LogP contribution in [0.15, 0.2) is 69.6 Å². The van der Waals surface area contributed by atoms with Crippen molar-refractivity contribution in [2.75, 3.05) is 23.3 Å². The Morgan fingerprint density at radius 1 is 1.09 bits per heavy atom. The Labute approximate surface area is 216 Å². The first-order valence-electron chi connectivity index (χ1n) is 10.7. The van der Waals surface area contributed by atoms with Gasteiger partial charge in [0.2, 0.25) is 5.89 Å². The Kier molecular flexibility index (Phi) is 7.50. The van der Waals surface area contributed by atoms with Crippen LogP contribution in [-0.2, 0) is 0 Å². The minimum atomic E-state index is -0.401. The minimum Gasteiger partial charge on any atom is -0.436 e. The highest BCUT2D eigenvalue weighted by Gasteiger charge is 2.14. The van der Waals surface area contributed by atoms with Crippen LogP contribution in [0.2, 0.25) is 5.02 Å². The number of amides is 1. The highest BCUT2D eigenvalue weighted by Crippen LogP contribution is 2.28. The van der Waals surface area contributed by atoms with Crippen LogP contribution < -0.4 is 15.5 Å². The minimum absolute atomic E-state index is 0.149. The number of fused-ring (bicyclic) bond motifs is 1. The maximum Gasteiger partial charge on any atom is 0.258 e. The van der Waals surface area contributed by atoms with Gasteiger partial charge in [-0.15, -0.1) is 0 Å². The lowest BCUT2D eigenvalue weighted by Crippen LogP contribution is -2.34. The van der Waals surface area contributed by atoms with Crippen LogP contribution in [-0.4, -0.2) is 29.1 Å². The van der Waals surface area contributed by atoms with Gasteiger partial charge in [-0.3, -0.25) is 10.1 Å². The van der Waals surface area contributed by atoms with Crippen molar-refractivity contribution in [3.8, 4) is 11.5 Å². The number of oxazole rings is 1. The first-order chi connectivity index (χ1) is 16.4. The number of nitrogens with one attached hydrogen (secondary N) is 2. The molecule has 0 radical (unpaired) electrons. The molecule has 4 aromatic rings. The maximum absolute atomic E-state index is 12.5. The molecule has 0 aliphatic heterocycles. The van der Waals surface area contributed by atoms with E-state index in [0.29, 0.717) is 33.3 Å². The molecule has 0 aliphatic rings. The molecule has 174 valence electrons. The van der Waals surface area contributed by atoms with E-state index in [4.69, 9.17) is 28.2 Å². The van der Waals surface area contributed by atoms with Crippen LogP contribution in [0.4, 0.5) is 11.4 Å². The van der Waals surface area contributed by atoms with Crippen molar-refractivity contribution in [1.82, 2.24) is 10.3 Å². The quantitative estimate of drug-likeness (QED) is 0.252. The van der Waals surface area contributed by atoms with Gasteiger partial charge in [0, 0.05) is 34.5 Å². The number of thiocarbonyl (C=S) groups is 1. The van der Waals surface area contributed by atoms with E-state index in [-0.39, 0.29) is 5.11 Å². The molecule has 0 fully saturated rings. The summed E-state index contributed by atoms with van der Waals surface area (Å²) in [4.78, 5) is 19.4. The largest absolute Gasteiger partial charge is 0.436 e. The lowest BCUT2D eigenvalue weighted by molar-refractivity contribution is 0.0978. The van der Waals surface area contributed by atoms with Crippen LogP contribution in [0.5, 0.6) is 0 Å². The van der Waals surface area contributed by atoms with E-state index in [2.05, 4.69) is 62.4 Å². The van der Waals surface area contributed by atoms with Crippen molar-refractivity contribution in [3.05, 3.63) is 75.7 Å². The van der Waals surface area contributed by atoms with Crippen molar-refractivity contribution < 1.29 is 9.21 Å². The number of benzene rings is 3. The molecule has 9 heteroatoms. The summed E-state index contributed by atoms with van der Waals surface area (Å²) in [5, 5.41) is 6.14. The standard InChI is InChI=1S/C25H22BrClN4O2S/c1-3-31(4-2)18-9-5-15(6-10-18)24-29-21-14-17(8-12-22(21)33-24)28-25(34)30-23(32)19-13-16(26)7-11-20(19)27/h5-14H,3-4H2,1-2H3,(H2,28,30,32,34). The number of carbonyl (C=O) groups excluding carboxylic acids is 1. The average molecular weight is 558 g/mol. The van der Waals surface area contributed by atoms with E-state index in [1.54, 1.807) is 18.2 Å². The molecule has 6 nitrogen and oxygen atoms in total. The summed E-state index contributed by atoms with van der Waals surface area (Å²) < 4.78 is 6.69. The summed E-state index contributed by atoms with van der Waals surface area (Å²) in [6.07, 6.45) is 0. The van der Waals surface area contributed by atoms with Gasteiger partial charge in [0.25, 0.3) is 5.91 Å². The zero-order chi connectivity index (χ0) is 24.2. The van der Waals surface area contributed by atoms with Crippen molar-refractivity contribution in [2.45, 2.75) is 13.8 Å². The topological polar surface area (TPSA) is 70.4 Å².